The highest BCUT2D eigenvalue weighted by molar-refractivity contribution is 5.74. The van der Waals surface area contributed by atoms with Crippen LogP contribution in [0.2, 0.25) is 0 Å². The van der Waals surface area contributed by atoms with E-state index in [0.717, 1.165) is 0 Å². The smallest absolute Gasteiger partial charge is 0.150 e. The molecule has 0 heterocycles. The summed E-state index contributed by atoms with van der Waals surface area (Å²) in [6.45, 7) is 0. The molecule has 13 heteroatoms. The van der Waals surface area contributed by atoms with E-state index < -0.39 is 0 Å². The van der Waals surface area contributed by atoms with Crippen LogP contribution in [0.5, 0.6) is 0 Å². The number of hydrogen-bond acceptors (Lipinski definition) is 12. The van der Waals surface area contributed by atoms with Crippen LogP contribution < -0.4 is 67.7 Å². The minimum absolute atomic E-state index is 0. The molecule has 0 fully saturated rings. The maximum Gasteiger partial charge on any atom is 0.150 e. The molecular formula is C7H38FN11O. The minimum atomic E-state index is -0.375. The molecule has 0 saturated carbocycles. The number of aldehydes is 1. The lowest BCUT2D eigenvalue weighted by atomic mass is 10.2. The Bertz CT molecular complexity index is 240. The monoisotopic (exact) mass is 311 g/mol. The van der Waals surface area contributed by atoms with Crippen LogP contribution in [0.15, 0.2) is 24.3 Å². The number of rotatable bonds is 1. The van der Waals surface area contributed by atoms with E-state index in [2.05, 4.69) is 0 Å². The summed E-state index contributed by atoms with van der Waals surface area (Å²) in [5, 5.41) is 0. The van der Waals surface area contributed by atoms with Gasteiger partial charge in [-0.15, -0.1) is 0 Å². The molecule has 0 radical (unpaired) electrons. The van der Waals surface area contributed by atoms with E-state index in [1.54, 1.807) is 6.07 Å². The van der Waals surface area contributed by atoms with E-state index in [1.807, 2.05) is 0 Å². The molecule has 0 amide bonds. The van der Waals surface area contributed by atoms with Crippen molar-refractivity contribution in [1.29, 1.82) is 0 Å². The number of carbonyl (C=O) groups is 1. The van der Waals surface area contributed by atoms with Gasteiger partial charge in [0, 0.05) is 5.56 Å². The summed E-state index contributed by atoms with van der Waals surface area (Å²) in [7, 11) is 0. The Balaban J connectivity index is -0.00000000818. The van der Waals surface area contributed by atoms with Gasteiger partial charge in [-0.25, -0.2) is 4.39 Å². The van der Waals surface area contributed by atoms with Crippen LogP contribution in [0.1, 0.15) is 10.4 Å². The van der Waals surface area contributed by atoms with Crippen molar-refractivity contribution < 1.29 is 9.18 Å². The quantitative estimate of drug-likeness (QED) is 0.331. The van der Waals surface area contributed by atoms with Crippen molar-refractivity contribution in [3.05, 3.63) is 35.6 Å². The second-order valence-corrected chi connectivity index (χ2v) is 1.67. The fraction of sp³-hybridized carbons (Fsp3) is 0. The predicted octanol–water partition coefficient (Wildman–Crippen LogP) is 3.42. The van der Waals surface area contributed by atoms with Gasteiger partial charge in [-0.2, -0.15) is 0 Å². The van der Waals surface area contributed by atoms with Crippen molar-refractivity contribution in [2.75, 3.05) is 0 Å². The van der Waals surface area contributed by atoms with Crippen LogP contribution in [-0.2, 0) is 0 Å². The summed E-state index contributed by atoms with van der Waals surface area (Å²) < 4.78 is 12.2. The number of carbonyl (C=O) groups excluding carboxylic acids is 1. The van der Waals surface area contributed by atoms with E-state index in [9.17, 15) is 9.18 Å². The summed E-state index contributed by atoms with van der Waals surface area (Å²) in [4.78, 5) is 9.99. The summed E-state index contributed by atoms with van der Waals surface area (Å²) in [6.07, 6.45) is 0.614. The molecular weight excluding hydrogens is 273 g/mol. The lowest BCUT2D eigenvalue weighted by Crippen LogP contribution is -1.79. The van der Waals surface area contributed by atoms with Gasteiger partial charge in [0.15, 0.2) is 0 Å². The van der Waals surface area contributed by atoms with E-state index in [1.165, 1.54) is 18.2 Å². The molecule has 0 saturated heterocycles. The van der Waals surface area contributed by atoms with Gasteiger partial charge in [0.25, 0.3) is 0 Å². The Morgan fingerprint density at radius 3 is 1.25 bits per heavy atom. The molecule has 0 aromatic heterocycles. The third-order valence-electron chi connectivity index (χ3n) is 0.985. The first-order valence-electron chi connectivity index (χ1n) is 2.53. The van der Waals surface area contributed by atoms with E-state index in [-0.39, 0.29) is 73.5 Å². The molecule has 33 N–H and O–H groups in total. The van der Waals surface area contributed by atoms with Gasteiger partial charge in [-0.1, -0.05) is 12.1 Å². The summed E-state index contributed by atoms with van der Waals surface area (Å²) in [6, 6.07) is 5.54. The molecule has 0 aliphatic rings. The Labute approximate surface area is 120 Å². The zero-order chi connectivity index (χ0) is 6.69. The Morgan fingerprint density at radius 1 is 0.700 bits per heavy atom. The first kappa shape index (κ1) is 102. The SMILES string of the molecule is N.N.N.N.N.N.N.N.N.N.N.O=Cc1cccc(F)c1. The standard InChI is InChI=1S/C7H5FO.11H3N/c8-7-3-1-2-6(4-7)5-9;;;;;;;;;;;/h1-5H;11*1H3. The van der Waals surface area contributed by atoms with Crippen molar-refractivity contribution in [3.63, 3.8) is 0 Å². The normalized spacial score (nSPS) is 4.05. The maximum absolute atomic E-state index is 12.2. The predicted molar refractivity (Wildman–Crippen MR) is 87.0 cm³/mol. The number of benzene rings is 1. The van der Waals surface area contributed by atoms with Crippen molar-refractivity contribution in [2.45, 2.75) is 0 Å². The van der Waals surface area contributed by atoms with Gasteiger partial charge in [-0.3, -0.25) is 4.79 Å². The van der Waals surface area contributed by atoms with Crippen molar-refractivity contribution in [3.8, 4) is 0 Å². The lowest BCUT2D eigenvalue weighted by molar-refractivity contribution is 0.112. The van der Waals surface area contributed by atoms with Crippen molar-refractivity contribution >= 4 is 6.29 Å². The lowest BCUT2D eigenvalue weighted by Gasteiger charge is -1.86. The van der Waals surface area contributed by atoms with Crippen molar-refractivity contribution in [1.82, 2.24) is 67.7 Å². The molecule has 0 aliphatic carbocycles. The average Bonchev–Trinajstić information content (AvgIpc) is 1.88. The maximum atomic E-state index is 12.2. The first-order chi connectivity index (χ1) is 4.33. The fourth-order valence-corrected chi connectivity index (χ4v) is 0.580. The molecule has 20 heavy (non-hydrogen) atoms. The van der Waals surface area contributed by atoms with Gasteiger partial charge in [0.05, 0.1) is 0 Å². The van der Waals surface area contributed by atoms with Crippen LogP contribution in [-0.4, -0.2) is 6.29 Å². The molecule has 0 atom stereocenters. The number of halogens is 1. The molecule has 1 aromatic carbocycles. The van der Waals surface area contributed by atoms with Crippen LogP contribution >= 0.6 is 0 Å². The van der Waals surface area contributed by atoms with Crippen LogP contribution in [0, 0.1) is 5.82 Å². The summed E-state index contributed by atoms with van der Waals surface area (Å²) in [5.74, 6) is -0.375. The van der Waals surface area contributed by atoms with Gasteiger partial charge >= 0.3 is 0 Å². The molecule has 134 valence electrons. The largest absolute Gasteiger partial charge is 0.344 e. The van der Waals surface area contributed by atoms with Gasteiger partial charge in [0.1, 0.15) is 12.1 Å². The fourth-order valence-electron chi connectivity index (χ4n) is 0.580. The highest BCUT2D eigenvalue weighted by Gasteiger charge is 1.89. The van der Waals surface area contributed by atoms with Crippen LogP contribution in [0.3, 0.4) is 0 Å². The second-order valence-electron chi connectivity index (χ2n) is 1.67. The Morgan fingerprint density at radius 2 is 1.05 bits per heavy atom. The first-order valence-corrected chi connectivity index (χ1v) is 2.53. The van der Waals surface area contributed by atoms with Gasteiger partial charge in [-0.05, 0) is 12.1 Å². The number of hydrogen-bond donors (Lipinski definition) is 11. The van der Waals surface area contributed by atoms with Crippen LogP contribution in [0.25, 0.3) is 0 Å². The second kappa shape index (κ2) is 53.0. The third kappa shape index (κ3) is 36.0. The molecule has 0 aliphatic heterocycles. The van der Waals surface area contributed by atoms with Crippen molar-refractivity contribution in [2.24, 2.45) is 0 Å². The van der Waals surface area contributed by atoms with E-state index in [4.69, 9.17) is 0 Å². The molecule has 0 bridgehead atoms. The zero-order valence-electron chi connectivity index (χ0n) is 12.5. The molecule has 1 rings (SSSR count). The Kier molecular flexibility index (Phi) is 270. The average molecular weight is 311 g/mol. The summed E-state index contributed by atoms with van der Waals surface area (Å²) in [5.41, 5.74) is 0.370. The molecule has 1 aromatic rings. The van der Waals surface area contributed by atoms with Gasteiger partial charge in [0.2, 0.25) is 0 Å². The zero-order valence-corrected chi connectivity index (χ0v) is 12.5. The van der Waals surface area contributed by atoms with E-state index >= 15 is 0 Å². The Hall–Kier alpha value is -1.62. The molecule has 12 nitrogen and oxygen atoms in total. The topological polar surface area (TPSA) is 402 Å². The van der Waals surface area contributed by atoms with E-state index in [0.29, 0.717) is 11.8 Å². The third-order valence-corrected chi connectivity index (χ3v) is 0.985. The molecule has 0 spiro atoms. The van der Waals surface area contributed by atoms with Crippen LogP contribution in [0.4, 0.5) is 4.39 Å². The molecule has 0 unspecified atom stereocenters. The minimum Gasteiger partial charge on any atom is -0.344 e. The van der Waals surface area contributed by atoms with Gasteiger partial charge < -0.3 is 67.7 Å². The highest BCUT2D eigenvalue weighted by atomic mass is 19.1. The highest BCUT2D eigenvalue weighted by Crippen LogP contribution is 1.99. The summed E-state index contributed by atoms with van der Waals surface area (Å²) >= 11 is 0.